The number of rotatable bonds is 11. The van der Waals surface area contributed by atoms with Crippen molar-refractivity contribution in [3.05, 3.63) is 29.3 Å². The Morgan fingerprint density at radius 3 is 2.56 bits per heavy atom. The molecule has 4 amide bonds. The number of anilines is 1. The third-order valence-electron chi connectivity index (χ3n) is 6.33. The molecule has 0 spiro atoms. The molecule has 198 valence electrons. The summed E-state index contributed by atoms with van der Waals surface area (Å²) < 4.78 is 16.6. The summed E-state index contributed by atoms with van der Waals surface area (Å²) in [6.45, 7) is 3.66. The van der Waals surface area contributed by atoms with Gasteiger partial charge in [-0.15, -0.1) is 12.4 Å². The second kappa shape index (κ2) is 13.7. The predicted octanol–water partition coefficient (Wildman–Crippen LogP) is 0.610. The van der Waals surface area contributed by atoms with Crippen molar-refractivity contribution in [2.45, 2.75) is 44.4 Å². The molecule has 3 aliphatic rings. The number of carbonyl (C=O) groups is 4. The van der Waals surface area contributed by atoms with Crippen molar-refractivity contribution in [1.29, 1.82) is 0 Å². The molecule has 1 aromatic rings. The number of carbonyl (C=O) groups excluding carboxylic acids is 4. The summed E-state index contributed by atoms with van der Waals surface area (Å²) in [6, 6.07) is 4.36. The first kappa shape index (κ1) is 28.0. The lowest BCUT2D eigenvalue weighted by molar-refractivity contribution is -0.137. The van der Waals surface area contributed by atoms with Gasteiger partial charge in [0, 0.05) is 29.8 Å². The molecule has 36 heavy (non-hydrogen) atoms. The van der Waals surface area contributed by atoms with Gasteiger partial charge in [-0.05, 0) is 44.5 Å². The summed E-state index contributed by atoms with van der Waals surface area (Å²) in [5, 5.41) is 8.37. The number of nitrogens with one attached hydrogen (secondary N) is 3. The molecule has 3 heterocycles. The molecule has 12 heteroatoms. The largest absolute Gasteiger partial charge is 0.377 e. The van der Waals surface area contributed by atoms with Crippen LogP contribution in [0.15, 0.2) is 18.2 Å². The first-order valence-electron chi connectivity index (χ1n) is 12.1. The summed E-state index contributed by atoms with van der Waals surface area (Å²) >= 11 is 0. The van der Waals surface area contributed by atoms with Crippen molar-refractivity contribution < 1.29 is 33.4 Å². The summed E-state index contributed by atoms with van der Waals surface area (Å²) in [5.74, 6) is -1.44. The van der Waals surface area contributed by atoms with Gasteiger partial charge in [0.1, 0.15) is 12.6 Å². The van der Waals surface area contributed by atoms with Crippen LogP contribution in [0, 0.1) is 0 Å². The van der Waals surface area contributed by atoms with Gasteiger partial charge in [-0.2, -0.15) is 0 Å². The molecule has 11 nitrogen and oxygen atoms in total. The van der Waals surface area contributed by atoms with Gasteiger partial charge in [-0.25, -0.2) is 0 Å². The third-order valence-corrected chi connectivity index (χ3v) is 6.33. The van der Waals surface area contributed by atoms with Crippen molar-refractivity contribution in [2.75, 3.05) is 51.4 Å². The minimum atomic E-state index is -0.704. The third kappa shape index (κ3) is 7.23. The highest BCUT2D eigenvalue weighted by molar-refractivity contribution is 6.06. The lowest BCUT2D eigenvalue weighted by Crippen LogP contribution is -2.52. The van der Waals surface area contributed by atoms with E-state index >= 15 is 0 Å². The van der Waals surface area contributed by atoms with Crippen LogP contribution in [-0.2, 0) is 35.1 Å². The van der Waals surface area contributed by atoms with E-state index in [2.05, 4.69) is 16.0 Å². The first-order valence-corrected chi connectivity index (χ1v) is 12.1. The van der Waals surface area contributed by atoms with Gasteiger partial charge in [0.15, 0.2) is 0 Å². The molecule has 1 atom stereocenters. The second-order valence-corrected chi connectivity index (χ2v) is 8.76. The molecular formula is C24H33ClN4O7. The molecule has 0 aliphatic carbocycles. The van der Waals surface area contributed by atoms with Crippen LogP contribution < -0.4 is 16.0 Å². The van der Waals surface area contributed by atoms with Gasteiger partial charge in [0.25, 0.3) is 5.91 Å². The van der Waals surface area contributed by atoms with Crippen molar-refractivity contribution in [2.24, 2.45) is 0 Å². The molecular weight excluding hydrogens is 492 g/mol. The van der Waals surface area contributed by atoms with Gasteiger partial charge in [-0.3, -0.25) is 24.5 Å². The molecule has 2 fully saturated rings. The normalized spacial score (nSPS) is 20.1. The van der Waals surface area contributed by atoms with Gasteiger partial charge in [0.2, 0.25) is 17.7 Å². The Kier molecular flexibility index (Phi) is 10.6. The maximum atomic E-state index is 12.9. The summed E-state index contributed by atoms with van der Waals surface area (Å²) in [7, 11) is 0. The smallest absolute Gasteiger partial charge is 0.255 e. The SMILES string of the molecule is Cl.O=C1CCC(N2Cc3c(NC(=O)COCCOCCOC4CCNCC4)cccc3C2=O)C(=O)N1. The van der Waals surface area contributed by atoms with Crippen molar-refractivity contribution in [3.63, 3.8) is 0 Å². The molecule has 3 N–H and O–H groups in total. The standard InChI is InChI=1S/C24H32N4O7.ClH/c29-21-5-4-20(23(31)27-21)28-14-18-17(24(28)32)2-1-3-19(18)26-22(30)15-34-11-10-33-12-13-35-16-6-8-25-9-7-16;/h1-3,16,20,25H,4-15H2,(H,26,30)(H,27,29,31);1H. The lowest BCUT2D eigenvalue weighted by atomic mass is 10.0. The Labute approximate surface area is 216 Å². The van der Waals surface area contributed by atoms with Gasteiger partial charge in [0.05, 0.1) is 32.5 Å². The Morgan fingerprint density at radius 2 is 1.78 bits per heavy atom. The molecule has 1 unspecified atom stereocenters. The van der Waals surface area contributed by atoms with Crippen LogP contribution in [0.3, 0.4) is 0 Å². The molecule has 0 aromatic heterocycles. The van der Waals surface area contributed by atoms with E-state index in [1.165, 1.54) is 4.90 Å². The van der Waals surface area contributed by atoms with Crippen LogP contribution in [0.2, 0.25) is 0 Å². The lowest BCUT2D eigenvalue weighted by Gasteiger charge is -2.29. The van der Waals surface area contributed by atoms with Gasteiger partial charge in [-0.1, -0.05) is 6.07 Å². The van der Waals surface area contributed by atoms with E-state index in [1.54, 1.807) is 18.2 Å². The molecule has 4 rings (SSSR count). The topological polar surface area (TPSA) is 135 Å². The Hall–Kier alpha value is -2.57. The number of hydrogen-bond donors (Lipinski definition) is 3. The number of amides is 4. The highest BCUT2D eigenvalue weighted by Gasteiger charge is 2.39. The van der Waals surface area contributed by atoms with E-state index < -0.39 is 11.9 Å². The van der Waals surface area contributed by atoms with Crippen molar-refractivity contribution in [1.82, 2.24) is 15.5 Å². The number of halogens is 1. The highest BCUT2D eigenvalue weighted by Crippen LogP contribution is 2.32. The van der Waals surface area contributed by atoms with Crippen molar-refractivity contribution in [3.8, 4) is 0 Å². The minimum Gasteiger partial charge on any atom is -0.377 e. The average molecular weight is 525 g/mol. The van der Waals surface area contributed by atoms with E-state index in [0.717, 1.165) is 25.9 Å². The van der Waals surface area contributed by atoms with E-state index in [4.69, 9.17) is 14.2 Å². The maximum absolute atomic E-state index is 12.9. The fraction of sp³-hybridized carbons (Fsp3) is 0.583. The number of nitrogens with zero attached hydrogens (tertiary/aromatic N) is 1. The maximum Gasteiger partial charge on any atom is 0.255 e. The zero-order valence-electron chi connectivity index (χ0n) is 20.1. The van der Waals surface area contributed by atoms with Crippen LogP contribution in [0.5, 0.6) is 0 Å². The average Bonchev–Trinajstić information content (AvgIpc) is 3.18. The number of ether oxygens (including phenoxy) is 3. The monoisotopic (exact) mass is 524 g/mol. The van der Waals surface area contributed by atoms with Crippen molar-refractivity contribution >= 4 is 41.7 Å². The minimum absolute atomic E-state index is 0. The Balaban J connectivity index is 0.00000361. The van der Waals surface area contributed by atoms with Crippen LogP contribution in [0.25, 0.3) is 0 Å². The zero-order valence-corrected chi connectivity index (χ0v) is 20.9. The fourth-order valence-corrected chi connectivity index (χ4v) is 4.51. The number of imide groups is 1. The Morgan fingerprint density at radius 1 is 1.03 bits per heavy atom. The molecule has 0 radical (unpaired) electrons. The van der Waals surface area contributed by atoms with Gasteiger partial charge >= 0.3 is 0 Å². The van der Waals surface area contributed by atoms with E-state index in [1.807, 2.05) is 0 Å². The molecule has 3 aliphatic heterocycles. The number of fused-ring (bicyclic) bond motifs is 1. The van der Waals surface area contributed by atoms with Crippen LogP contribution >= 0.6 is 12.4 Å². The number of piperidine rings is 2. The second-order valence-electron chi connectivity index (χ2n) is 8.76. The van der Waals surface area contributed by atoms with E-state index in [-0.39, 0.29) is 62.7 Å². The molecule has 1 aromatic carbocycles. The summed E-state index contributed by atoms with van der Waals surface area (Å²) in [4.78, 5) is 50.3. The van der Waals surface area contributed by atoms with Crippen LogP contribution in [0.4, 0.5) is 5.69 Å². The van der Waals surface area contributed by atoms with Gasteiger partial charge < -0.3 is 29.7 Å². The van der Waals surface area contributed by atoms with E-state index in [9.17, 15) is 19.2 Å². The summed E-state index contributed by atoms with van der Waals surface area (Å²) in [5.41, 5.74) is 1.59. The highest BCUT2D eigenvalue weighted by atomic mass is 35.5. The summed E-state index contributed by atoms with van der Waals surface area (Å²) in [6.07, 6.45) is 2.81. The number of benzene rings is 1. The van der Waals surface area contributed by atoms with E-state index in [0.29, 0.717) is 42.7 Å². The zero-order chi connectivity index (χ0) is 24.6. The number of hydrogen-bond acceptors (Lipinski definition) is 8. The van der Waals surface area contributed by atoms with Crippen LogP contribution in [0.1, 0.15) is 41.6 Å². The first-order chi connectivity index (χ1) is 17.0. The van der Waals surface area contributed by atoms with Crippen LogP contribution in [-0.4, -0.2) is 86.8 Å². The molecule has 0 saturated carbocycles. The predicted molar refractivity (Wildman–Crippen MR) is 132 cm³/mol. The quantitative estimate of drug-likeness (QED) is 0.283. The molecule has 2 saturated heterocycles. The Bertz CT molecular complexity index is 954. The molecule has 0 bridgehead atoms. The fourth-order valence-electron chi connectivity index (χ4n) is 4.51.